The van der Waals surface area contributed by atoms with Crippen LogP contribution in [0.1, 0.15) is 0 Å². The van der Waals surface area contributed by atoms with E-state index < -0.39 is 10.0 Å². The van der Waals surface area contributed by atoms with Crippen LogP contribution in [-0.2, 0) is 28.4 Å². The van der Waals surface area contributed by atoms with Crippen molar-refractivity contribution in [2.45, 2.75) is 11.6 Å². The van der Waals surface area contributed by atoms with Gasteiger partial charge < -0.3 is 5.32 Å². The minimum absolute atomic E-state index is 0.00477. The Hall–Kier alpha value is -1.95. The zero-order valence-corrected chi connectivity index (χ0v) is 13.5. The number of likely N-dealkylation sites (N-methyl/N-ethyl adjacent to an activating group) is 1. The summed E-state index contributed by atoms with van der Waals surface area (Å²) in [5.41, 5.74) is 0.229. The van der Waals surface area contributed by atoms with Crippen LogP contribution in [0.25, 0.3) is 0 Å². The Labute approximate surface area is 128 Å². The lowest BCUT2D eigenvalue weighted by atomic mass is 10.6. The third-order valence-corrected chi connectivity index (χ3v) is 4.73. The number of halogens is 1. The van der Waals surface area contributed by atoms with E-state index in [0.717, 1.165) is 4.68 Å². The fourth-order valence-electron chi connectivity index (χ4n) is 1.54. The number of nitrogens with one attached hydrogen (secondary N) is 2. The van der Waals surface area contributed by atoms with E-state index in [0.29, 0.717) is 0 Å². The lowest BCUT2D eigenvalue weighted by Crippen LogP contribution is -2.23. The molecule has 0 saturated carbocycles. The first-order valence-electron chi connectivity index (χ1n) is 5.64. The molecule has 0 aliphatic rings. The van der Waals surface area contributed by atoms with Crippen LogP contribution in [0.3, 0.4) is 0 Å². The molecular weight excluding hydrogens is 366 g/mol. The molecule has 0 aliphatic heterocycles. The quantitative estimate of drug-likeness (QED) is 0.711. The van der Waals surface area contributed by atoms with Crippen molar-refractivity contribution in [1.82, 2.24) is 30.1 Å². The maximum absolute atomic E-state index is 12.2. The van der Waals surface area contributed by atoms with Crippen molar-refractivity contribution >= 4 is 37.5 Å². The predicted octanol–water partition coefficient (Wildman–Crippen LogP) is -0.679. The van der Waals surface area contributed by atoms with Crippen molar-refractivity contribution in [3.8, 4) is 0 Å². The minimum atomic E-state index is -3.86. The molecule has 12 heteroatoms. The largest absolute Gasteiger partial charge is 0.358 e. The van der Waals surface area contributed by atoms with Crippen LogP contribution in [0.5, 0.6) is 0 Å². The summed E-state index contributed by atoms with van der Waals surface area (Å²) in [5.74, 6) is -0.244. The second-order valence-corrected chi connectivity index (χ2v) is 6.36. The zero-order valence-electron chi connectivity index (χ0n) is 11.1. The number of sulfonamides is 1. The maximum Gasteiger partial charge on any atom is 0.282 e. The number of hydrogen-bond acceptors (Lipinski definition) is 6. The SMILES string of the molecule is CNC(=O)Cn1cc(NS(=O)(=O)c2c(Br)nnn2C)cn1. The Kier molecular flexibility index (Phi) is 4.27. The first kappa shape index (κ1) is 15.4. The van der Waals surface area contributed by atoms with Gasteiger partial charge >= 0.3 is 0 Å². The molecule has 0 bridgehead atoms. The molecule has 2 N–H and O–H groups in total. The van der Waals surface area contributed by atoms with E-state index in [1.807, 2.05) is 0 Å². The third-order valence-electron chi connectivity index (χ3n) is 2.46. The summed E-state index contributed by atoms with van der Waals surface area (Å²) in [6.07, 6.45) is 2.71. The Morgan fingerprint density at radius 2 is 2.19 bits per heavy atom. The summed E-state index contributed by atoms with van der Waals surface area (Å²) in [6, 6.07) is 0. The van der Waals surface area contributed by atoms with Gasteiger partial charge in [-0.05, 0) is 15.9 Å². The van der Waals surface area contributed by atoms with E-state index in [4.69, 9.17) is 0 Å². The van der Waals surface area contributed by atoms with Crippen molar-refractivity contribution in [2.24, 2.45) is 7.05 Å². The summed E-state index contributed by atoms with van der Waals surface area (Å²) < 4.78 is 29.4. The summed E-state index contributed by atoms with van der Waals surface area (Å²) in [6.45, 7) is -0.00477. The lowest BCUT2D eigenvalue weighted by Gasteiger charge is -2.05. The van der Waals surface area contributed by atoms with E-state index in [9.17, 15) is 13.2 Å². The monoisotopic (exact) mass is 377 g/mol. The number of aromatic nitrogens is 5. The number of nitrogens with zero attached hydrogens (tertiary/aromatic N) is 5. The molecule has 10 nitrogen and oxygen atoms in total. The molecule has 0 radical (unpaired) electrons. The molecule has 2 aromatic heterocycles. The average Bonchev–Trinajstić information content (AvgIpc) is 2.96. The fraction of sp³-hybridized carbons (Fsp3) is 0.333. The predicted molar refractivity (Wildman–Crippen MR) is 75.8 cm³/mol. The first-order valence-corrected chi connectivity index (χ1v) is 7.92. The second kappa shape index (κ2) is 5.81. The highest BCUT2D eigenvalue weighted by atomic mass is 79.9. The van der Waals surface area contributed by atoms with Crippen molar-refractivity contribution in [3.63, 3.8) is 0 Å². The molecule has 2 rings (SSSR count). The number of anilines is 1. The highest BCUT2D eigenvalue weighted by Crippen LogP contribution is 2.20. The second-order valence-electron chi connectivity index (χ2n) is 4.01. The van der Waals surface area contributed by atoms with Gasteiger partial charge in [-0.2, -0.15) is 13.5 Å². The fourth-order valence-corrected chi connectivity index (χ4v) is 3.67. The van der Waals surface area contributed by atoms with E-state index >= 15 is 0 Å². The van der Waals surface area contributed by atoms with Crippen LogP contribution in [0.4, 0.5) is 5.69 Å². The van der Waals surface area contributed by atoms with Crippen molar-refractivity contribution in [3.05, 3.63) is 17.0 Å². The van der Waals surface area contributed by atoms with Crippen LogP contribution >= 0.6 is 15.9 Å². The zero-order chi connectivity index (χ0) is 15.6. The van der Waals surface area contributed by atoms with Crippen LogP contribution in [-0.4, -0.2) is 46.1 Å². The molecule has 0 spiro atoms. The molecule has 21 heavy (non-hydrogen) atoms. The van der Waals surface area contributed by atoms with Crippen molar-refractivity contribution < 1.29 is 13.2 Å². The highest BCUT2D eigenvalue weighted by Gasteiger charge is 2.24. The van der Waals surface area contributed by atoms with Crippen LogP contribution in [0, 0.1) is 0 Å². The molecule has 0 fully saturated rings. The standard InChI is InChI=1S/C9H12BrN7O3S/c1-11-7(18)5-17-4-6(3-12-17)14-21(19,20)9-8(10)13-15-16(9)2/h3-4,14H,5H2,1-2H3,(H,11,18). The Bertz CT molecular complexity index is 747. The van der Waals surface area contributed by atoms with Crippen LogP contribution < -0.4 is 10.0 Å². The molecule has 2 aromatic rings. The molecule has 0 aliphatic carbocycles. The molecule has 114 valence electrons. The van der Waals surface area contributed by atoms with E-state index in [1.54, 1.807) is 0 Å². The molecule has 0 aromatic carbocycles. The van der Waals surface area contributed by atoms with Gasteiger partial charge in [-0.25, -0.2) is 4.68 Å². The number of carbonyl (C=O) groups is 1. The summed E-state index contributed by atoms with van der Waals surface area (Å²) >= 11 is 3.03. The molecular formula is C9H12BrN7O3S. The molecule has 0 saturated heterocycles. The number of amides is 1. The number of aryl methyl sites for hydroxylation is 1. The summed E-state index contributed by atoms with van der Waals surface area (Å²) in [4.78, 5) is 11.2. The van der Waals surface area contributed by atoms with Gasteiger partial charge in [0.1, 0.15) is 6.54 Å². The van der Waals surface area contributed by atoms with Gasteiger partial charge in [0.15, 0.2) is 4.60 Å². The molecule has 1 amide bonds. The summed E-state index contributed by atoms with van der Waals surface area (Å²) in [5, 5.41) is 13.5. The van der Waals surface area contributed by atoms with Gasteiger partial charge in [0.2, 0.25) is 10.9 Å². The number of hydrogen-bond donors (Lipinski definition) is 2. The van der Waals surface area contributed by atoms with Gasteiger partial charge in [0, 0.05) is 20.3 Å². The van der Waals surface area contributed by atoms with Crippen LogP contribution in [0.15, 0.2) is 22.0 Å². The Balaban J connectivity index is 2.20. The Morgan fingerprint density at radius 1 is 1.48 bits per heavy atom. The van der Waals surface area contributed by atoms with Gasteiger partial charge in [0.05, 0.1) is 11.9 Å². The van der Waals surface area contributed by atoms with E-state index in [1.165, 1.54) is 31.2 Å². The number of rotatable bonds is 5. The smallest absolute Gasteiger partial charge is 0.282 e. The minimum Gasteiger partial charge on any atom is -0.358 e. The average molecular weight is 378 g/mol. The third kappa shape index (κ3) is 3.39. The van der Waals surface area contributed by atoms with E-state index in [2.05, 4.69) is 41.4 Å². The molecule has 0 atom stereocenters. The van der Waals surface area contributed by atoms with E-state index in [-0.39, 0.29) is 27.8 Å². The summed E-state index contributed by atoms with van der Waals surface area (Å²) in [7, 11) is -0.903. The maximum atomic E-state index is 12.2. The normalized spacial score (nSPS) is 11.4. The number of carbonyl (C=O) groups excluding carboxylic acids is 1. The molecule has 0 unspecified atom stereocenters. The van der Waals surface area contributed by atoms with Gasteiger partial charge in [-0.1, -0.05) is 5.21 Å². The van der Waals surface area contributed by atoms with Crippen molar-refractivity contribution in [1.29, 1.82) is 0 Å². The first-order chi connectivity index (χ1) is 9.83. The van der Waals surface area contributed by atoms with Crippen molar-refractivity contribution in [2.75, 3.05) is 11.8 Å². The Morgan fingerprint density at radius 3 is 2.76 bits per heavy atom. The topological polar surface area (TPSA) is 124 Å². The highest BCUT2D eigenvalue weighted by molar-refractivity contribution is 9.10. The van der Waals surface area contributed by atoms with Gasteiger partial charge in [0.25, 0.3) is 10.0 Å². The van der Waals surface area contributed by atoms with Crippen LogP contribution in [0.2, 0.25) is 0 Å². The van der Waals surface area contributed by atoms with Gasteiger partial charge in [-0.3, -0.25) is 14.2 Å². The van der Waals surface area contributed by atoms with Gasteiger partial charge in [-0.15, -0.1) is 5.10 Å². The lowest BCUT2D eigenvalue weighted by molar-refractivity contribution is -0.121. The molecule has 2 heterocycles.